The third kappa shape index (κ3) is 3.99. The molecule has 0 aromatic heterocycles. The lowest BCUT2D eigenvalue weighted by molar-refractivity contribution is 0.192. The van der Waals surface area contributed by atoms with E-state index in [1.165, 1.54) is 0 Å². The van der Waals surface area contributed by atoms with Gasteiger partial charge in [-0.1, -0.05) is 40.6 Å². The van der Waals surface area contributed by atoms with E-state index in [0.29, 0.717) is 12.8 Å². The van der Waals surface area contributed by atoms with Gasteiger partial charge in [-0.25, -0.2) is 0 Å². The normalized spacial score (nSPS) is 12.9. The number of hydrogen-bond acceptors (Lipinski definition) is 3. The molecule has 1 aromatic rings. The molecule has 0 aliphatic carbocycles. The maximum Gasteiger partial charge on any atom is 0.0777 e. The molecule has 0 amide bonds. The van der Waals surface area contributed by atoms with Crippen LogP contribution in [0.4, 0.5) is 0 Å². The fourth-order valence-electron chi connectivity index (χ4n) is 1.60. The van der Waals surface area contributed by atoms with Crippen molar-refractivity contribution < 1.29 is 5.11 Å². The van der Waals surface area contributed by atoms with Gasteiger partial charge in [0.2, 0.25) is 0 Å². The van der Waals surface area contributed by atoms with Crippen molar-refractivity contribution in [2.45, 2.75) is 18.4 Å². The van der Waals surface area contributed by atoms with Gasteiger partial charge in [0.25, 0.3) is 0 Å². The number of aliphatic hydroxyl groups is 1. The highest BCUT2D eigenvalue weighted by molar-refractivity contribution is 5.15. The van der Waals surface area contributed by atoms with Crippen molar-refractivity contribution in [3.8, 4) is 0 Å². The summed E-state index contributed by atoms with van der Waals surface area (Å²) in [4.78, 5) is 5.36. The van der Waals surface area contributed by atoms with Crippen LogP contribution in [0, 0.1) is 0 Å². The summed E-state index contributed by atoms with van der Waals surface area (Å²) in [6, 6.07) is 9.64. The first kappa shape index (κ1) is 13.9. The zero-order chi connectivity index (χ0) is 13.3. The van der Waals surface area contributed by atoms with Crippen LogP contribution in [-0.4, -0.2) is 23.8 Å². The van der Waals surface area contributed by atoms with Crippen molar-refractivity contribution >= 4 is 0 Å². The molecule has 18 heavy (non-hydrogen) atoms. The average Bonchev–Trinajstić information content (AvgIpc) is 2.43. The van der Waals surface area contributed by atoms with Crippen molar-refractivity contribution in [2.24, 2.45) is 10.2 Å². The van der Waals surface area contributed by atoms with Gasteiger partial charge in [-0.3, -0.25) is 0 Å². The van der Waals surface area contributed by atoms with Crippen LogP contribution < -0.4 is 0 Å². The Hall–Kier alpha value is -2.20. The van der Waals surface area contributed by atoms with Gasteiger partial charge in [0.05, 0.1) is 12.1 Å². The summed E-state index contributed by atoms with van der Waals surface area (Å²) in [5.41, 5.74) is 16.9. The molecule has 0 unspecified atom stereocenters. The molecule has 1 aromatic carbocycles. The fourth-order valence-corrected chi connectivity index (χ4v) is 1.60. The van der Waals surface area contributed by atoms with Gasteiger partial charge in [0.1, 0.15) is 0 Å². The predicted octanol–water partition coefficient (Wildman–Crippen LogP) is 2.97. The zero-order valence-corrected chi connectivity index (χ0v) is 9.85. The minimum absolute atomic E-state index is 0.0447. The van der Waals surface area contributed by atoms with Gasteiger partial charge in [-0.15, -0.1) is 0 Å². The van der Waals surface area contributed by atoms with E-state index >= 15 is 0 Å². The summed E-state index contributed by atoms with van der Waals surface area (Å²) >= 11 is 0. The number of hydrogen-bond donors (Lipinski definition) is 1. The highest BCUT2D eigenvalue weighted by Crippen LogP contribution is 2.20. The summed E-state index contributed by atoms with van der Waals surface area (Å²) in [6.07, 6.45) is 1.07. The van der Waals surface area contributed by atoms with Crippen molar-refractivity contribution in [2.75, 3.05) is 13.2 Å². The molecule has 7 heteroatoms. The molecule has 1 atom stereocenters. The Labute approximate surface area is 104 Å². The lowest BCUT2D eigenvalue weighted by Gasteiger charge is -2.24. The predicted molar refractivity (Wildman–Crippen MR) is 67.7 cm³/mol. The number of azide groups is 2. The second-order valence-corrected chi connectivity index (χ2v) is 3.95. The smallest absolute Gasteiger partial charge is 0.0777 e. The van der Waals surface area contributed by atoms with E-state index in [-0.39, 0.29) is 13.2 Å². The average molecular weight is 246 g/mol. The Morgan fingerprint density at radius 2 is 1.89 bits per heavy atom. The van der Waals surface area contributed by atoms with E-state index in [1.54, 1.807) is 0 Å². The monoisotopic (exact) mass is 246 g/mol. The van der Waals surface area contributed by atoms with Crippen LogP contribution in [0.15, 0.2) is 40.6 Å². The van der Waals surface area contributed by atoms with E-state index in [2.05, 4.69) is 20.1 Å². The first-order valence-corrected chi connectivity index (χ1v) is 5.48. The Morgan fingerprint density at radius 3 is 2.44 bits per heavy atom. The molecule has 0 fully saturated rings. The van der Waals surface area contributed by atoms with Crippen LogP contribution in [0.3, 0.4) is 0 Å². The lowest BCUT2D eigenvalue weighted by Crippen LogP contribution is -2.34. The molecular weight excluding hydrogens is 232 g/mol. The number of nitrogens with zero attached hydrogens (tertiary/aromatic N) is 6. The van der Waals surface area contributed by atoms with Crippen molar-refractivity contribution in [1.29, 1.82) is 0 Å². The van der Waals surface area contributed by atoms with Crippen LogP contribution in [0.2, 0.25) is 0 Å². The second-order valence-electron chi connectivity index (χ2n) is 3.95. The Bertz CT molecular complexity index is 464. The topological polar surface area (TPSA) is 118 Å². The molecule has 94 valence electrons. The molecule has 0 aliphatic rings. The third-order valence-corrected chi connectivity index (χ3v) is 2.70. The molecule has 0 aliphatic heterocycles. The first-order valence-electron chi connectivity index (χ1n) is 5.48. The minimum Gasteiger partial charge on any atom is -0.396 e. The van der Waals surface area contributed by atoms with E-state index in [1.807, 2.05) is 30.3 Å². The van der Waals surface area contributed by atoms with E-state index in [0.717, 1.165) is 5.56 Å². The fraction of sp³-hybridized carbons (Fsp3) is 0.455. The summed E-state index contributed by atoms with van der Waals surface area (Å²) < 4.78 is 0. The molecule has 0 radical (unpaired) electrons. The molecule has 0 heterocycles. The van der Waals surface area contributed by atoms with Crippen LogP contribution in [0.25, 0.3) is 20.9 Å². The molecule has 0 saturated carbocycles. The molecule has 1 rings (SSSR count). The van der Waals surface area contributed by atoms with Crippen LogP contribution >= 0.6 is 0 Å². The molecule has 1 N–H and O–H groups in total. The standard InChI is InChI=1S/C11H14N6O/c12-16-14-8-11(9-18,15-17-13)7-6-10-4-2-1-3-5-10/h1-5,18H,6-9H2/t11-/m1/s1. The van der Waals surface area contributed by atoms with Crippen molar-refractivity contribution in [3.63, 3.8) is 0 Å². The maximum absolute atomic E-state index is 9.36. The van der Waals surface area contributed by atoms with Gasteiger partial charge in [-0.05, 0) is 29.5 Å². The highest BCUT2D eigenvalue weighted by atomic mass is 16.3. The summed E-state index contributed by atoms with van der Waals surface area (Å²) in [5, 5.41) is 16.4. The van der Waals surface area contributed by atoms with Crippen LogP contribution in [0.1, 0.15) is 12.0 Å². The summed E-state index contributed by atoms with van der Waals surface area (Å²) in [5.74, 6) is 0. The second kappa shape index (κ2) is 7.19. The first-order chi connectivity index (χ1) is 8.76. The van der Waals surface area contributed by atoms with Crippen molar-refractivity contribution in [1.82, 2.24) is 0 Å². The largest absolute Gasteiger partial charge is 0.396 e. The molecule has 7 nitrogen and oxygen atoms in total. The minimum atomic E-state index is -1.06. The Balaban J connectivity index is 2.77. The van der Waals surface area contributed by atoms with Crippen molar-refractivity contribution in [3.05, 3.63) is 56.8 Å². The Morgan fingerprint density at radius 1 is 1.17 bits per heavy atom. The third-order valence-electron chi connectivity index (χ3n) is 2.70. The van der Waals surface area contributed by atoms with E-state index in [9.17, 15) is 5.11 Å². The Kier molecular flexibility index (Phi) is 5.54. The SMILES string of the molecule is [N-]=[N+]=NC[C@@](CO)(CCc1ccccc1)N=[N+]=[N-]. The van der Waals surface area contributed by atoms with Gasteiger partial charge in [-0.2, -0.15) is 0 Å². The molecule has 0 spiro atoms. The van der Waals surface area contributed by atoms with Gasteiger partial charge >= 0.3 is 0 Å². The van der Waals surface area contributed by atoms with Gasteiger partial charge < -0.3 is 5.11 Å². The highest BCUT2D eigenvalue weighted by Gasteiger charge is 2.27. The number of aryl methyl sites for hydroxylation is 1. The molecule has 0 bridgehead atoms. The molecular formula is C11H14N6O. The summed E-state index contributed by atoms with van der Waals surface area (Å²) in [7, 11) is 0. The number of aliphatic hydroxyl groups excluding tert-OH is 1. The van der Waals surface area contributed by atoms with Gasteiger partial charge in [0, 0.05) is 16.4 Å². The number of rotatable bonds is 7. The summed E-state index contributed by atoms with van der Waals surface area (Å²) in [6.45, 7) is -0.389. The van der Waals surface area contributed by atoms with Gasteiger partial charge in [0.15, 0.2) is 0 Å². The zero-order valence-electron chi connectivity index (χ0n) is 9.85. The van der Waals surface area contributed by atoms with Crippen LogP contribution in [-0.2, 0) is 6.42 Å². The van der Waals surface area contributed by atoms with E-state index < -0.39 is 5.54 Å². The van der Waals surface area contributed by atoms with E-state index in [4.69, 9.17) is 11.1 Å². The maximum atomic E-state index is 9.36. The number of benzene rings is 1. The van der Waals surface area contributed by atoms with Crippen LogP contribution in [0.5, 0.6) is 0 Å². The molecule has 0 saturated heterocycles. The quantitative estimate of drug-likeness (QED) is 0.444. The lowest BCUT2D eigenvalue weighted by atomic mass is 9.93.